The van der Waals surface area contributed by atoms with Crippen LogP contribution in [-0.2, 0) is 61.6 Å². The summed E-state index contributed by atoms with van der Waals surface area (Å²) < 4.78 is 0. The van der Waals surface area contributed by atoms with Crippen LogP contribution in [0.2, 0.25) is 0 Å². The third kappa shape index (κ3) is 8.98. The number of nitrogens with zero attached hydrogens (tertiary/aromatic N) is 14. The fourth-order valence-corrected chi connectivity index (χ4v) is 10.8. The van der Waals surface area contributed by atoms with E-state index in [4.69, 9.17) is 40.6 Å². The number of H-pyrrole nitrogens is 4. The molecule has 4 aliphatic heterocycles. The quantitative estimate of drug-likeness (QED) is 0.0635. The van der Waals surface area contributed by atoms with Gasteiger partial charge in [0.2, 0.25) is 23.8 Å². The second-order valence-electron chi connectivity index (χ2n) is 19.9. The van der Waals surface area contributed by atoms with Gasteiger partial charge >= 0.3 is 39.0 Å². The summed E-state index contributed by atoms with van der Waals surface area (Å²) in [5.74, 6) is 3.67. The van der Waals surface area contributed by atoms with E-state index in [2.05, 4.69) is 81.7 Å². The van der Waals surface area contributed by atoms with Gasteiger partial charge in [0.15, 0.2) is 22.7 Å². The molecule has 0 spiro atoms. The van der Waals surface area contributed by atoms with Crippen molar-refractivity contribution in [2.24, 2.45) is 20.0 Å². The molecule has 12 heterocycles. The molecule has 0 aliphatic carbocycles. The predicted molar refractivity (Wildman–Crippen MR) is 315 cm³/mol. The topological polar surface area (TPSA) is 316 Å². The Hall–Kier alpha value is -10.3. The molecular formula is C58H46N24Zn2+2. The van der Waals surface area contributed by atoms with Crippen molar-refractivity contribution in [1.82, 2.24) is 70.4 Å². The number of benzene rings is 4. The molecule has 0 bridgehead atoms. The first kappa shape index (κ1) is 53.0. The number of aromatic nitrogens is 12. The van der Waals surface area contributed by atoms with E-state index in [0.29, 0.717) is 59.0 Å². The van der Waals surface area contributed by atoms with Crippen LogP contribution >= 0.6 is 0 Å². The average Bonchev–Trinajstić information content (AvgIpc) is 1.58. The summed E-state index contributed by atoms with van der Waals surface area (Å²) >= 11 is 0. The zero-order valence-corrected chi connectivity index (χ0v) is 50.9. The van der Waals surface area contributed by atoms with Crippen LogP contribution in [0, 0.1) is 13.8 Å². The van der Waals surface area contributed by atoms with Crippen LogP contribution in [0.5, 0.6) is 0 Å². The molecule has 0 saturated heterocycles. The van der Waals surface area contributed by atoms with Gasteiger partial charge in [-0.25, -0.2) is 29.9 Å². The second-order valence-corrected chi connectivity index (χ2v) is 19.9. The van der Waals surface area contributed by atoms with Crippen molar-refractivity contribution in [3.05, 3.63) is 227 Å². The van der Waals surface area contributed by atoms with Gasteiger partial charge in [0.05, 0.1) is 55.5 Å². The number of hydrogen-bond donors (Lipinski definition) is 10. The largest absolute Gasteiger partial charge is 2.00 e. The first-order valence-corrected chi connectivity index (χ1v) is 26.2. The standard InChI is InChI=1S/2C29H23N12.2Zn/c2*1-17-11-12-21-22(15-17)35-25(34-21)37-27-39-28(18-7-6-13-30-16-18)29(41-27,23-10-4-5-14-31-23)40-26(38-28)36-24-32-19-8-2-3-9-20(19)33-24;;/h2*2-16H,1H3,(H5-,32,33,34,35,36,37,38,39,40,41);;/q2*-1;2*+2/t2*28-,29+;;/m00../s1. The van der Waals surface area contributed by atoms with Gasteiger partial charge in [-0.15, -0.1) is 0 Å². The van der Waals surface area contributed by atoms with Crippen molar-refractivity contribution in [2.75, 3.05) is 21.3 Å². The molecule has 24 nitrogen and oxygen atoms in total. The zero-order chi connectivity index (χ0) is 54.9. The van der Waals surface area contributed by atoms with Gasteiger partial charge in [-0.2, -0.15) is 0 Å². The van der Waals surface area contributed by atoms with E-state index in [-0.39, 0.29) is 39.0 Å². The van der Waals surface area contributed by atoms with Crippen LogP contribution in [0.1, 0.15) is 33.6 Å². The zero-order valence-electron chi connectivity index (χ0n) is 45.0. The number of hydrogen-bond acceptors (Lipinski definition) is 18. The Bertz CT molecular complexity index is 4190. The van der Waals surface area contributed by atoms with E-state index < -0.39 is 22.7 Å². The van der Waals surface area contributed by atoms with E-state index in [1.807, 2.05) is 159 Å². The Balaban J connectivity index is 0.000000153. The number of aromatic amines is 4. The summed E-state index contributed by atoms with van der Waals surface area (Å²) in [5.41, 5.74) is 7.04. The van der Waals surface area contributed by atoms with Crippen LogP contribution in [0.15, 0.2) is 203 Å². The van der Waals surface area contributed by atoms with Gasteiger partial charge in [0.1, 0.15) is 11.9 Å². The van der Waals surface area contributed by atoms with E-state index in [0.717, 1.165) is 66.4 Å². The fraction of sp³-hybridized carbons (Fsp3) is 0.103. The minimum atomic E-state index is -1.27. The van der Waals surface area contributed by atoms with Crippen LogP contribution in [0.3, 0.4) is 0 Å². The molecule has 0 radical (unpaired) electrons. The Morgan fingerprint density at radius 2 is 0.798 bits per heavy atom. The number of aryl methyl sites for hydroxylation is 2. The van der Waals surface area contributed by atoms with E-state index in [9.17, 15) is 0 Å². The van der Waals surface area contributed by atoms with Crippen LogP contribution in [0.25, 0.3) is 54.8 Å². The number of aliphatic imine (C=N–C) groups is 4. The van der Waals surface area contributed by atoms with Crippen LogP contribution in [0.4, 0.5) is 23.8 Å². The summed E-state index contributed by atoms with van der Waals surface area (Å²) in [6.45, 7) is 4.09. The van der Waals surface area contributed by atoms with Crippen molar-refractivity contribution >= 4 is 91.8 Å². The number of rotatable bonds is 8. The molecule has 26 heteroatoms. The number of nitrogens with one attached hydrogen (secondary N) is 10. The monoisotopic (exact) mass is 1210 g/mol. The number of fused-ring (bicyclic) bond motifs is 6. The molecule has 4 aromatic carbocycles. The normalized spacial score (nSPS) is 20.7. The SMILES string of the molecule is Cc1ccc2nc(NC3=N[C@]4(c5cccnc5)[N-]C(Nc5nc6ccccc6[nH]5)=N[C@]4(c4ccccn4)N3)[nH]c2c1.Cc1ccc2nc(NC3=N[C@]4(c5cccnc5)[N-]C(Nc5nc6ccccc6[nH]5)=N[C@]4(c4ccccn4)N3)[nH]c2c1.[Zn+2].[Zn+2]. The minimum absolute atomic E-state index is 0. The summed E-state index contributed by atoms with van der Waals surface area (Å²) in [4.78, 5) is 70.5. The molecular weight excluding hydrogens is 1160 g/mol. The number of anilines is 4. The molecule has 84 heavy (non-hydrogen) atoms. The van der Waals surface area contributed by atoms with Gasteiger partial charge in [0, 0.05) is 60.2 Å². The van der Waals surface area contributed by atoms with Gasteiger partial charge in [-0.05, 0) is 110 Å². The number of pyridine rings is 4. The summed E-state index contributed by atoms with van der Waals surface area (Å²) in [5, 5.41) is 30.3. The molecule has 4 aliphatic rings. The van der Waals surface area contributed by atoms with Crippen molar-refractivity contribution in [2.45, 2.75) is 36.5 Å². The van der Waals surface area contributed by atoms with Crippen molar-refractivity contribution in [3.8, 4) is 0 Å². The molecule has 16 rings (SSSR count). The first-order valence-electron chi connectivity index (χ1n) is 26.2. The number of imidazole rings is 4. The van der Waals surface area contributed by atoms with Crippen LogP contribution < -0.4 is 31.9 Å². The summed E-state index contributed by atoms with van der Waals surface area (Å²) in [6, 6.07) is 46.7. The van der Waals surface area contributed by atoms with Crippen LogP contribution in [-0.4, -0.2) is 83.6 Å². The fourth-order valence-electron chi connectivity index (χ4n) is 10.8. The van der Waals surface area contributed by atoms with Crippen molar-refractivity contribution in [3.63, 3.8) is 0 Å². The molecule has 8 aromatic heterocycles. The molecule has 0 saturated carbocycles. The third-order valence-electron chi connectivity index (χ3n) is 14.4. The smallest absolute Gasteiger partial charge is 0.383 e. The second kappa shape index (κ2) is 20.9. The van der Waals surface area contributed by atoms with Crippen molar-refractivity contribution in [1.29, 1.82) is 0 Å². The van der Waals surface area contributed by atoms with Gasteiger partial charge < -0.3 is 61.8 Å². The van der Waals surface area contributed by atoms with Crippen molar-refractivity contribution < 1.29 is 39.0 Å². The average molecular weight is 1210 g/mol. The maximum atomic E-state index is 5.12. The maximum absolute atomic E-state index is 5.12. The van der Waals surface area contributed by atoms with E-state index in [1.165, 1.54) is 0 Å². The Labute approximate surface area is 503 Å². The van der Waals surface area contributed by atoms with E-state index >= 15 is 0 Å². The minimum Gasteiger partial charge on any atom is -0.383 e. The molecule has 0 amide bonds. The first-order chi connectivity index (χ1) is 40.2. The molecule has 0 fully saturated rings. The molecule has 0 unspecified atom stereocenters. The maximum Gasteiger partial charge on any atom is 2.00 e. The summed E-state index contributed by atoms with van der Waals surface area (Å²) in [6.07, 6.45) is 10.4. The Kier molecular flexibility index (Phi) is 13.2. The molecule has 10 N–H and O–H groups in total. The Morgan fingerprint density at radius 1 is 0.393 bits per heavy atom. The number of para-hydroxylation sites is 4. The number of guanidine groups is 4. The molecule has 4 atom stereocenters. The molecule has 400 valence electrons. The van der Waals surface area contributed by atoms with Gasteiger partial charge in [-0.3, -0.25) is 30.6 Å². The molecule has 12 aromatic rings. The Morgan fingerprint density at radius 3 is 1.20 bits per heavy atom. The summed E-state index contributed by atoms with van der Waals surface area (Å²) in [7, 11) is 0. The predicted octanol–water partition coefficient (Wildman–Crippen LogP) is 8.94. The van der Waals surface area contributed by atoms with Gasteiger partial charge in [0.25, 0.3) is 0 Å². The third-order valence-corrected chi connectivity index (χ3v) is 14.4. The van der Waals surface area contributed by atoms with Gasteiger partial charge in [-0.1, -0.05) is 60.7 Å². The van der Waals surface area contributed by atoms with E-state index in [1.54, 1.807) is 37.2 Å².